The maximum absolute atomic E-state index is 13.7. The predicted molar refractivity (Wildman–Crippen MR) is 150 cm³/mol. The normalized spacial score (nSPS) is 11.1. The van der Waals surface area contributed by atoms with Crippen LogP contribution in [0.25, 0.3) is 0 Å². The SMILES string of the molecule is COc1ccc(OC)c(N(CC(=O)Nc2nnc(SCc3ccccc3)s2)S(=O)(=O)c2ccc(C)cc2)c1. The van der Waals surface area contributed by atoms with Crippen molar-refractivity contribution in [2.24, 2.45) is 0 Å². The molecule has 0 aliphatic rings. The standard InChI is InChI=1S/C26H26N4O5S3/c1-18-9-12-21(13-10-18)38(32,33)30(22-15-20(34-2)11-14-23(22)35-3)16-24(31)27-25-28-29-26(37-25)36-17-19-7-5-4-6-8-19/h4-15H,16-17H2,1-3H3,(H,27,28,31). The summed E-state index contributed by atoms with van der Waals surface area (Å²) >= 11 is 2.72. The Kier molecular flexibility index (Phi) is 8.87. The Hall–Kier alpha value is -3.61. The van der Waals surface area contributed by atoms with Gasteiger partial charge in [0.25, 0.3) is 10.0 Å². The summed E-state index contributed by atoms with van der Waals surface area (Å²) < 4.78 is 39.9. The molecule has 0 bridgehead atoms. The van der Waals surface area contributed by atoms with Gasteiger partial charge in [-0.1, -0.05) is 71.1 Å². The summed E-state index contributed by atoms with van der Waals surface area (Å²) in [6.07, 6.45) is 0. The highest BCUT2D eigenvalue weighted by Gasteiger charge is 2.30. The summed E-state index contributed by atoms with van der Waals surface area (Å²) in [7, 11) is -1.25. The summed E-state index contributed by atoms with van der Waals surface area (Å²) in [5.41, 5.74) is 2.21. The van der Waals surface area contributed by atoms with Crippen LogP contribution in [0.1, 0.15) is 11.1 Å². The van der Waals surface area contributed by atoms with Crippen LogP contribution >= 0.6 is 23.1 Å². The highest BCUT2D eigenvalue weighted by molar-refractivity contribution is 8.00. The number of benzene rings is 3. The number of nitrogens with one attached hydrogen (secondary N) is 1. The van der Waals surface area contributed by atoms with Gasteiger partial charge in [0.15, 0.2) is 4.34 Å². The monoisotopic (exact) mass is 570 g/mol. The van der Waals surface area contributed by atoms with E-state index >= 15 is 0 Å². The lowest BCUT2D eigenvalue weighted by Gasteiger charge is -2.26. The zero-order valence-corrected chi connectivity index (χ0v) is 23.4. The maximum Gasteiger partial charge on any atom is 0.264 e. The quantitative estimate of drug-likeness (QED) is 0.198. The van der Waals surface area contributed by atoms with Crippen LogP contribution in [-0.2, 0) is 20.6 Å². The predicted octanol–water partition coefficient (Wildman–Crippen LogP) is 4.99. The molecule has 0 spiro atoms. The van der Waals surface area contributed by atoms with Gasteiger partial charge in [0.1, 0.15) is 18.0 Å². The number of rotatable bonds is 11. The Bertz CT molecular complexity index is 1490. The molecule has 198 valence electrons. The number of anilines is 2. The number of hydrogen-bond acceptors (Lipinski definition) is 9. The second-order valence-electron chi connectivity index (χ2n) is 8.06. The topological polar surface area (TPSA) is 111 Å². The van der Waals surface area contributed by atoms with Crippen molar-refractivity contribution in [1.82, 2.24) is 10.2 Å². The second-order valence-corrected chi connectivity index (χ2v) is 12.1. The number of carbonyl (C=O) groups is 1. The average molecular weight is 571 g/mol. The summed E-state index contributed by atoms with van der Waals surface area (Å²) in [5.74, 6) is 0.808. The lowest BCUT2D eigenvalue weighted by atomic mass is 10.2. The fourth-order valence-corrected chi connectivity index (χ4v) is 6.60. The molecule has 1 amide bonds. The molecule has 0 saturated carbocycles. The van der Waals surface area contributed by atoms with E-state index in [4.69, 9.17) is 9.47 Å². The summed E-state index contributed by atoms with van der Waals surface area (Å²) in [5, 5.41) is 11.1. The van der Waals surface area contributed by atoms with E-state index in [1.54, 1.807) is 24.3 Å². The molecule has 0 unspecified atom stereocenters. The van der Waals surface area contributed by atoms with E-state index in [0.717, 1.165) is 15.4 Å². The number of amides is 1. The van der Waals surface area contributed by atoms with Crippen LogP contribution in [0.4, 0.5) is 10.8 Å². The maximum atomic E-state index is 13.7. The number of carbonyl (C=O) groups excluding carboxylic acids is 1. The van der Waals surface area contributed by atoms with E-state index in [1.165, 1.54) is 55.5 Å². The van der Waals surface area contributed by atoms with Crippen LogP contribution in [0, 0.1) is 6.92 Å². The van der Waals surface area contributed by atoms with E-state index < -0.39 is 22.5 Å². The average Bonchev–Trinajstić information content (AvgIpc) is 3.38. The smallest absolute Gasteiger partial charge is 0.264 e. The molecule has 3 aromatic carbocycles. The second kappa shape index (κ2) is 12.3. The number of nitrogens with zero attached hydrogens (tertiary/aromatic N) is 3. The third-order valence-electron chi connectivity index (χ3n) is 5.41. The first-order valence-corrected chi connectivity index (χ1v) is 14.7. The molecule has 38 heavy (non-hydrogen) atoms. The largest absolute Gasteiger partial charge is 0.497 e. The van der Waals surface area contributed by atoms with Gasteiger partial charge < -0.3 is 9.47 Å². The van der Waals surface area contributed by atoms with Gasteiger partial charge in [0.2, 0.25) is 11.0 Å². The number of thioether (sulfide) groups is 1. The van der Waals surface area contributed by atoms with Gasteiger partial charge in [0, 0.05) is 11.8 Å². The number of sulfonamides is 1. The van der Waals surface area contributed by atoms with Gasteiger partial charge in [-0.05, 0) is 36.8 Å². The first-order valence-electron chi connectivity index (χ1n) is 11.4. The van der Waals surface area contributed by atoms with E-state index in [2.05, 4.69) is 15.5 Å². The zero-order valence-electron chi connectivity index (χ0n) is 21.0. The van der Waals surface area contributed by atoms with Gasteiger partial charge >= 0.3 is 0 Å². The van der Waals surface area contributed by atoms with Crippen molar-refractivity contribution in [1.29, 1.82) is 0 Å². The van der Waals surface area contributed by atoms with Gasteiger partial charge in [0.05, 0.1) is 24.8 Å². The minimum Gasteiger partial charge on any atom is -0.497 e. The van der Waals surface area contributed by atoms with Crippen molar-refractivity contribution in [3.8, 4) is 11.5 Å². The van der Waals surface area contributed by atoms with Crippen molar-refractivity contribution in [2.45, 2.75) is 21.9 Å². The summed E-state index contributed by atoms with van der Waals surface area (Å²) in [4.78, 5) is 13.2. The van der Waals surface area contributed by atoms with Crippen molar-refractivity contribution in [2.75, 3.05) is 30.4 Å². The Balaban J connectivity index is 1.57. The zero-order chi connectivity index (χ0) is 27.1. The molecule has 0 fully saturated rings. The highest BCUT2D eigenvalue weighted by atomic mass is 32.2. The molecule has 0 aliphatic carbocycles. The fraction of sp³-hybridized carbons (Fsp3) is 0.192. The lowest BCUT2D eigenvalue weighted by Crippen LogP contribution is -2.38. The molecular weight excluding hydrogens is 545 g/mol. The Morgan fingerprint density at radius 3 is 2.42 bits per heavy atom. The van der Waals surface area contributed by atoms with Crippen LogP contribution < -0.4 is 19.1 Å². The van der Waals surface area contributed by atoms with Crippen LogP contribution in [0.5, 0.6) is 11.5 Å². The molecule has 12 heteroatoms. The molecule has 1 heterocycles. The first-order chi connectivity index (χ1) is 18.3. The number of hydrogen-bond donors (Lipinski definition) is 1. The molecule has 1 N–H and O–H groups in total. The van der Waals surface area contributed by atoms with E-state index in [1.807, 2.05) is 37.3 Å². The minimum absolute atomic E-state index is 0.0382. The molecule has 0 saturated heterocycles. The molecule has 0 aliphatic heterocycles. The molecule has 4 rings (SSSR count). The van der Waals surface area contributed by atoms with Gasteiger partial charge in [-0.15, -0.1) is 10.2 Å². The minimum atomic E-state index is -4.15. The number of methoxy groups -OCH3 is 2. The molecule has 9 nitrogen and oxygen atoms in total. The van der Waals surface area contributed by atoms with Crippen LogP contribution in [0.2, 0.25) is 0 Å². The first kappa shape index (κ1) is 27.4. The number of aryl methyl sites for hydroxylation is 1. The third-order valence-corrected chi connectivity index (χ3v) is 9.23. The molecule has 0 radical (unpaired) electrons. The van der Waals surface area contributed by atoms with Crippen molar-refractivity contribution >= 4 is 49.8 Å². The molecular formula is C26H26N4O5S3. The molecule has 0 atom stereocenters. The Labute approximate surface area is 229 Å². The van der Waals surface area contributed by atoms with Crippen molar-refractivity contribution in [3.05, 3.63) is 83.9 Å². The molecule has 4 aromatic rings. The lowest BCUT2D eigenvalue weighted by molar-refractivity contribution is -0.114. The van der Waals surface area contributed by atoms with Crippen molar-refractivity contribution < 1.29 is 22.7 Å². The van der Waals surface area contributed by atoms with E-state index in [0.29, 0.717) is 15.8 Å². The van der Waals surface area contributed by atoms with Crippen molar-refractivity contribution in [3.63, 3.8) is 0 Å². The number of aromatic nitrogens is 2. The van der Waals surface area contributed by atoms with E-state index in [9.17, 15) is 13.2 Å². The van der Waals surface area contributed by atoms with Gasteiger partial charge in [-0.25, -0.2) is 8.42 Å². The molecule has 1 aromatic heterocycles. The third kappa shape index (κ3) is 6.63. The van der Waals surface area contributed by atoms with Crippen LogP contribution in [0.15, 0.2) is 82.0 Å². The van der Waals surface area contributed by atoms with Crippen LogP contribution in [0.3, 0.4) is 0 Å². The Morgan fingerprint density at radius 1 is 1.00 bits per heavy atom. The Morgan fingerprint density at radius 2 is 1.74 bits per heavy atom. The summed E-state index contributed by atoms with van der Waals surface area (Å²) in [6, 6.07) is 21.1. The number of ether oxygens (including phenoxy) is 2. The van der Waals surface area contributed by atoms with Gasteiger partial charge in [-0.3, -0.25) is 14.4 Å². The van der Waals surface area contributed by atoms with Crippen LogP contribution in [-0.4, -0.2) is 45.3 Å². The van der Waals surface area contributed by atoms with E-state index in [-0.39, 0.29) is 21.5 Å². The highest BCUT2D eigenvalue weighted by Crippen LogP contribution is 2.36. The summed E-state index contributed by atoms with van der Waals surface area (Å²) in [6.45, 7) is 1.34. The fourth-order valence-electron chi connectivity index (χ4n) is 3.46. The van der Waals surface area contributed by atoms with Gasteiger partial charge in [-0.2, -0.15) is 0 Å².